The molecule has 0 bridgehead atoms. The van der Waals surface area contributed by atoms with Crippen LogP contribution in [0.5, 0.6) is 5.75 Å². The second kappa shape index (κ2) is 11.6. The lowest BCUT2D eigenvalue weighted by Crippen LogP contribution is -2.29. The van der Waals surface area contributed by atoms with Gasteiger partial charge in [0, 0.05) is 11.5 Å². The Kier molecular flexibility index (Phi) is 8.26. The molecule has 0 saturated carbocycles. The standard InChI is InChI=1S/C29H29F3O3/c1-3-5-6-15-33-26-14-13-24(28(31)29(26)32)20-9-7-19(8-10-20)21-11-12-23(25(30)16-21)22-17-34-27(4-2)35-18-22/h4,7-14,16,22,27H,2-3,5-6,15,17-18H2,1H3. The third-order valence-corrected chi connectivity index (χ3v) is 6.14. The lowest BCUT2D eigenvalue weighted by atomic mass is 9.95. The van der Waals surface area contributed by atoms with E-state index in [1.165, 1.54) is 18.2 Å². The van der Waals surface area contributed by atoms with Gasteiger partial charge >= 0.3 is 0 Å². The molecule has 184 valence electrons. The van der Waals surface area contributed by atoms with E-state index in [0.29, 0.717) is 36.5 Å². The maximum atomic E-state index is 14.9. The van der Waals surface area contributed by atoms with Crippen molar-refractivity contribution in [1.29, 1.82) is 0 Å². The molecule has 6 heteroatoms. The molecule has 0 unspecified atom stereocenters. The Bertz CT molecular complexity index is 1150. The summed E-state index contributed by atoms with van der Waals surface area (Å²) in [4.78, 5) is 0. The van der Waals surface area contributed by atoms with Crippen molar-refractivity contribution in [3.05, 3.63) is 90.3 Å². The van der Waals surface area contributed by atoms with Crippen LogP contribution >= 0.6 is 0 Å². The molecule has 3 nitrogen and oxygen atoms in total. The quantitative estimate of drug-likeness (QED) is 0.232. The van der Waals surface area contributed by atoms with Crippen molar-refractivity contribution in [3.8, 4) is 28.0 Å². The van der Waals surface area contributed by atoms with Gasteiger partial charge in [0.2, 0.25) is 5.82 Å². The third kappa shape index (κ3) is 5.77. The van der Waals surface area contributed by atoms with Gasteiger partial charge in [-0.1, -0.05) is 62.7 Å². The third-order valence-electron chi connectivity index (χ3n) is 6.14. The summed E-state index contributed by atoms with van der Waals surface area (Å²) >= 11 is 0. The summed E-state index contributed by atoms with van der Waals surface area (Å²) in [5.74, 6) is -2.56. The van der Waals surface area contributed by atoms with Gasteiger partial charge in [-0.15, -0.1) is 0 Å². The molecule has 0 amide bonds. The molecule has 1 saturated heterocycles. The van der Waals surface area contributed by atoms with E-state index in [9.17, 15) is 13.2 Å². The first-order chi connectivity index (χ1) is 17.0. The van der Waals surface area contributed by atoms with E-state index >= 15 is 0 Å². The summed E-state index contributed by atoms with van der Waals surface area (Å²) in [6.45, 7) is 6.75. The van der Waals surface area contributed by atoms with Crippen molar-refractivity contribution in [2.24, 2.45) is 0 Å². The minimum atomic E-state index is -0.990. The molecule has 4 rings (SSSR count). The zero-order valence-electron chi connectivity index (χ0n) is 19.7. The Morgan fingerprint density at radius 1 is 0.886 bits per heavy atom. The van der Waals surface area contributed by atoms with E-state index in [-0.39, 0.29) is 23.0 Å². The Morgan fingerprint density at radius 3 is 2.23 bits per heavy atom. The summed E-state index contributed by atoms with van der Waals surface area (Å²) in [6.07, 6.45) is 3.89. The van der Waals surface area contributed by atoms with Crippen LogP contribution in [0.2, 0.25) is 0 Å². The van der Waals surface area contributed by atoms with E-state index in [0.717, 1.165) is 24.8 Å². The van der Waals surface area contributed by atoms with E-state index in [1.54, 1.807) is 36.4 Å². The number of halogens is 3. The Hall–Kier alpha value is -3.09. The molecule has 1 heterocycles. The van der Waals surface area contributed by atoms with Gasteiger partial charge in [0.15, 0.2) is 17.9 Å². The SMILES string of the molecule is C=CC1OCC(c2ccc(-c3ccc(-c4ccc(OCCCCC)c(F)c4F)cc3)cc2F)CO1. The van der Waals surface area contributed by atoms with Gasteiger partial charge in [-0.05, 0) is 52.9 Å². The molecule has 0 aromatic heterocycles. The fraction of sp³-hybridized carbons (Fsp3) is 0.310. The Morgan fingerprint density at radius 2 is 1.57 bits per heavy atom. The smallest absolute Gasteiger partial charge is 0.201 e. The molecular formula is C29H29F3O3. The molecule has 0 spiro atoms. The molecule has 1 aliphatic heterocycles. The molecule has 0 atom stereocenters. The minimum Gasteiger partial charge on any atom is -0.490 e. The molecule has 0 aliphatic carbocycles. The topological polar surface area (TPSA) is 27.7 Å². The normalized spacial score (nSPS) is 17.8. The highest BCUT2D eigenvalue weighted by molar-refractivity contribution is 5.71. The van der Waals surface area contributed by atoms with Crippen molar-refractivity contribution in [2.75, 3.05) is 19.8 Å². The van der Waals surface area contributed by atoms with Crippen LogP contribution in [0.15, 0.2) is 67.3 Å². The first kappa shape index (κ1) is 25.0. The molecule has 1 fully saturated rings. The molecule has 0 N–H and O–H groups in total. The van der Waals surface area contributed by atoms with Gasteiger partial charge in [-0.2, -0.15) is 4.39 Å². The predicted molar refractivity (Wildman–Crippen MR) is 131 cm³/mol. The second-order valence-corrected chi connectivity index (χ2v) is 8.58. The molecular weight excluding hydrogens is 453 g/mol. The van der Waals surface area contributed by atoms with Gasteiger partial charge < -0.3 is 14.2 Å². The van der Waals surface area contributed by atoms with Gasteiger partial charge in [-0.3, -0.25) is 0 Å². The van der Waals surface area contributed by atoms with Gasteiger partial charge in [0.25, 0.3) is 0 Å². The lowest BCUT2D eigenvalue weighted by molar-refractivity contribution is -0.159. The average molecular weight is 483 g/mol. The number of rotatable bonds is 9. The first-order valence-corrected chi connectivity index (χ1v) is 11.9. The van der Waals surface area contributed by atoms with E-state index in [2.05, 4.69) is 13.5 Å². The number of ether oxygens (including phenoxy) is 3. The molecule has 35 heavy (non-hydrogen) atoms. The zero-order valence-corrected chi connectivity index (χ0v) is 19.7. The number of benzene rings is 3. The summed E-state index contributed by atoms with van der Waals surface area (Å²) < 4.78 is 60.5. The largest absolute Gasteiger partial charge is 0.490 e. The zero-order chi connectivity index (χ0) is 24.8. The summed E-state index contributed by atoms with van der Waals surface area (Å²) in [7, 11) is 0. The van der Waals surface area contributed by atoms with Crippen molar-refractivity contribution in [1.82, 2.24) is 0 Å². The Balaban J connectivity index is 1.48. The number of unbranched alkanes of at least 4 members (excludes halogenated alkanes) is 2. The molecule has 0 radical (unpaired) electrons. The minimum absolute atomic E-state index is 0.0803. The van der Waals surface area contributed by atoms with E-state index < -0.39 is 17.9 Å². The molecule has 1 aliphatic rings. The van der Waals surface area contributed by atoms with Crippen molar-refractivity contribution >= 4 is 0 Å². The highest BCUT2D eigenvalue weighted by Gasteiger charge is 2.24. The molecule has 3 aromatic carbocycles. The van der Waals surface area contributed by atoms with Crippen LogP contribution in [0.4, 0.5) is 13.2 Å². The summed E-state index contributed by atoms with van der Waals surface area (Å²) in [6, 6.07) is 14.9. The maximum Gasteiger partial charge on any atom is 0.201 e. The van der Waals surface area contributed by atoms with Crippen LogP contribution in [0, 0.1) is 17.5 Å². The first-order valence-electron chi connectivity index (χ1n) is 11.9. The number of hydrogen-bond donors (Lipinski definition) is 0. The van der Waals surface area contributed by atoms with Gasteiger partial charge in [-0.25, -0.2) is 8.78 Å². The molecule has 3 aromatic rings. The van der Waals surface area contributed by atoms with Crippen LogP contribution in [-0.2, 0) is 9.47 Å². The van der Waals surface area contributed by atoms with E-state index in [1.807, 2.05) is 6.07 Å². The Labute approximate surface area is 204 Å². The van der Waals surface area contributed by atoms with Crippen molar-refractivity contribution < 1.29 is 27.4 Å². The van der Waals surface area contributed by atoms with Crippen molar-refractivity contribution in [2.45, 2.75) is 38.4 Å². The predicted octanol–water partition coefficient (Wildman–Crippen LogP) is 7.65. The summed E-state index contributed by atoms with van der Waals surface area (Å²) in [5, 5.41) is 0. The van der Waals surface area contributed by atoms with Crippen LogP contribution < -0.4 is 4.74 Å². The van der Waals surface area contributed by atoms with Gasteiger partial charge in [0.1, 0.15) is 5.82 Å². The van der Waals surface area contributed by atoms with E-state index in [4.69, 9.17) is 14.2 Å². The fourth-order valence-corrected chi connectivity index (χ4v) is 4.11. The highest BCUT2D eigenvalue weighted by atomic mass is 19.2. The lowest BCUT2D eigenvalue weighted by Gasteiger charge is -2.28. The fourth-order valence-electron chi connectivity index (χ4n) is 4.11. The monoisotopic (exact) mass is 482 g/mol. The van der Waals surface area contributed by atoms with Crippen LogP contribution in [0.25, 0.3) is 22.3 Å². The highest BCUT2D eigenvalue weighted by Crippen LogP contribution is 2.33. The maximum absolute atomic E-state index is 14.9. The van der Waals surface area contributed by atoms with Crippen molar-refractivity contribution in [3.63, 3.8) is 0 Å². The van der Waals surface area contributed by atoms with Crippen LogP contribution in [0.1, 0.15) is 37.7 Å². The van der Waals surface area contributed by atoms with Crippen LogP contribution in [-0.4, -0.2) is 26.1 Å². The van der Waals surface area contributed by atoms with Gasteiger partial charge in [0.05, 0.1) is 19.8 Å². The van der Waals surface area contributed by atoms with Crippen LogP contribution in [0.3, 0.4) is 0 Å². The summed E-state index contributed by atoms with van der Waals surface area (Å²) in [5.41, 5.74) is 2.64. The second-order valence-electron chi connectivity index (χ2n) is 8.58. The number of hydrogen-bond acceptors (Lipinski definition) is 3. The average Bonchev–Trinajstić information content (AvgIpc) is 2.89.